The van der Waals surface area contributed by atoms with Crippen molar-refractivity contribution in [1.29, 1.82) is 0 Å². The molecule has 1 aliphatic rings. The van der Waals surface area contributed by atoms with Crippen LogP contribution in [0.5, 0.6) is 0 Å². The van der Waals surface area contributed by atoms with E-state index in [0.29, 0.717) is 36.5 Å². The van der Waals surface area contributed by atoms with Crippen molar-refractivity contribution in [2.45, 2.75) is 32.2 Å². The van der Waals surface area contributed by atoms with Crippen molar-refractivity contribution in [3.8, 4) is 0 Å². The van der Waals surface area contributed by atoms with Gasteiger partial charge in [0.05, 0.1) is 17.2 Å². The maximum atomic E-state index is 13.5. The fourth-order valence-corrected chi connectivity index (χ4v) is 3.55. The van der Waals surface area contributed by atoms with Crippen LogP contribution in [0.1, 0.15) is 25.7 Å². The van der Waals surface area contributed by atoms with Crippen LogP contribution >= 0.6 is 0 Å². The normalized spacial score (nSPS) is 18.5. The minimum absolute atomic E-state index is 0.151. The number of carbonyl (C=O) groups is 1. The largest absolute Gasteiger partial charge is 0.370 e. The molecule has 0 spiro atoms. The van der Waals surface area contributed by atoms with Crippen LogP contribution in [0.25, 0.3) is 11.0 Å². The van der Waals surface area contributed by atoms with Crippen LogP contribution in [-0.4, -0.2) is 40.0 Å². The van der Waals surface area contributed by atoms with Crippen LogP contribution < -0.4 is 11.3 Å². The minimum Gasteiger partial charge on any atom is -0.370 e. The van der Waals surface area contributed by atoms with Gasteiger partial charge in [-0.05, 0) is 37.8 Å². The minimum atomic E-state index is -0.448. The quantitative estimate of drug-likeness (QED) is 0.860. The zero-order valence-electron chi connectivity index (χ0n) is 14.2. The first-order valence-corrected chi connectivity index (χ1v) is 8.68. The number of primary amides is 1. The third-order valence-corrected chi connectivity index (χ3v) is 4.85. The van der Waals surface area contributed by atoms with Crippen LogP contribution in [-0.2, 0) is 11.3 Å². The third-order valence-electron chi connectivity index (χ3n) is 4.85. The molecular weight excluding hydrogens is 323 g/mol. The molecule has 0 aromatic carbocycles. The fourth-order valence-electron chi connectivity index (χ4n) is 3.55. The molecule has 2 N–H and O–H groups in total. The van der Waals surface area contributed by atoms with E-state index in [2.05, 4.69) is 9.88 Å². The number of piperidine rings is 1. The molecule has 1 fully saturated rings. The second-order valence-corrected chi connectivity index (χ2v) is 6.69. The summed E-state index contributed by atoms with van der Waals surface area (Å²) in [5.41, 5.74) is 6.22. The Balaban J connectivity index is 1.68. The maximum absolute atomic E-state index is 13.5. The van der Waals surface area contributed by atoms with Gasteiger partial charge in [-0.25, -0.2) is 4.39 Å². The highest BCUT2D eigenvalue weighted by atomic mass is 19.1. The van der Waals surface area contributed by atoms with Gasteiger partial charge in [-0.1, -0.05) is 0 Å². The molecule has 1 amide bonds. The molecule has 1 saturated heterocycles. The van der Waals surface area contributed by atoms with E-state index in [1.165, 1.54) is 12.1 Å². The number of nitrogens with zero attached hydrogens (tertiary/aromatic N) is 3. The van der Waals surface area contributed by atoms with E-state index in [0.717, 1.165) is 38.5 Å². The molecule has 3 heterocycles. The number of hydrogen-bond donors (Lipinski definition) is 1. The van der Waals surface area contributed by atoms with Crippen molar-refractivity contribution in [2.75, 3.05) is 19.6 Å². The predicted octanol–water partition coefficient (Wildman–Crippen LogP) is 1.51. The molecule has 3 rings (SSSR count). The Morgan fingerprint density at radius 3 is 3.00 bits per heavy atom. The number of fused-ring (bicyclic) bond motifs is 1. The van der Waals surface area contributed by atoms with Crippen LogP contribution in [0.15, 0.2) is 29.2 Å². The highest BCUT2D eigenvalue weighted by molar-refractivity contribution is 5.74. The molecule has 0 aliphatic carbocycles. The van der Waals surface area contributed by atoms with E-state index >= 15 is 0 Å². The molecule has 7 heteroatoms. The van der Waals surface area contributed by atoms with Gasteiger partial charge < -0.3 is 15.2 Å². The van der Waals surface area contributed by atoms with Gasteiger partial charge in [0.1, 0.15) is 5.82 Å². The average molecular weight is 346 g/mol. The Hall–Kier alpha value is -2.28. The molecule has 2 aromatic rings. The highest BCUT2D eigenvalue weighted by Crippen LogP contribution is 2.21. The van der Waals surface area contributed by atoms with Gasteiger partial charge >= 0.3 is 0 Å². The van der Waals surface area contributed by atoms with E-state index in [4.69, 9.17) is 5.73 Å². The number of pyridine rings is 2. The third kappa shape index (κ3) is 4.42. The molecular formula is C18H23FN4O2. The van der Waals surface area contributed by atoms with Gasteiger partial charge in [-0.3, -0.25) is 14.6 Å². The van der Waals surface area contributed by atoms with Crippen molar-refractivity contribution in [1.82, 2.24) is 14.5 Å². The number of nitrogens with two attached hydrogens (primary N) is 1. The van der Waals surface area contributed by atoms with Crippen molar-refractivity contribution >= 4 is 16.9 Å². The summed E-state index contributed by atoms with van der Waals surface area (Å²) in [7, 11) is 0. The summed E-state index contributed by atoms with van der Waals surface area (Å²) in [5, 5.41) is 0. The summed E-state index contributed by atoms with van der Waals surface area (Å²) >= 11 is 0. The van der Waals surface area contributed by atoms with E-state index in [1.54, 1.807) is 10.6 Å². The summed E-state index contributed by atoms with van der Waals surface area (Å²) < 4.78 is 15.1. The highest BCUT2D eigenvalue weighted by Gasteiger charge is 2.20. The van der Waals surface area contributed by atoms with Crippen molar-refractivity contribution in [2.24, 2.45) is 11.7 Å². The van der Waals surface area contributed by atoms with Gasteiger partial charge in [-0.2, -0.15) is 0 Å². The molecule has 1 atom stereocenters. The summed E-state index contributed by atoms with van der Waals surface area (Å²) in [5.74, 6) is -0.241. The zero-order chi connectivity index (χ0) is 17.8. The second kappa shape index (κ2) is 7.74. The number of carbonyl (C=O) groups excluding carboxylic acids is 1. The molecule has 134 valence electrons. The molecule has 1 unspecified atom stereocenters. The van der Waals surface area contributed by atoms with Crippen molar-refractivity contribution < 1.29 is 9.18 Å². The molecule has 0 radical (unpaired) electrons. The molecule has 2 aromatic heterocycles. The topological polar surface area (TPSA) is 81.2 Å². The first kappa shape index (κ1) is 17.5. The standard InChI is InChI=1S/C18H23FN4O2/c19-14-10-16-15(21-11-14)4-6-18(25)23(16)9-8-22-7-1-2-13(12-22)3-5-17(20)24/h4,6,10-11,13H,1-3,5,7-9,12H2,(H2,20,24). The Labute approximate surface area is 145 Å². The molecule has 6 nitrogen and oxygen atoms in total. The summed E-state index contributed by atoms with van der Waals surface area (Å²) in [6.07, 6.45) is 4.57. The number of aromatic nitrogens is 2. The first-order chi connectivity index (χ1) is 12.0. The smallest absolute Gasteiger partial charge is 0.251 e. The second-order valence-electron chi connectivity index (χ2n) is 6.69. The van der Waals surface area contributed by atoms with Gasteiger partial charge in [0, 0.05) is 38.2 Å². The lowest BCUT2D eigenvalue weighted by molar-refractivity contribution is -0.118. The number of hydrogen-bond acceptors (Lipinski definition) is 4. The molecule has 25 heavy (non-hydrogen) atoms. The van der Waals surface area contributed by atoms with E-state index in [1.807, 2.05) is 0 Å². The van der Waals surface area contributed by atoms with Crippen LogP contribution in [0.3, 0.4) is 0 Å². The summed E-state index contributed by atoms with van der Waals surface area (Å²) in [6, 6.07) is 4.45. The number of amides is 1. The number of likely N-dealkylation sites (tertiary alicyclic amines) is 1. The summed E-state index contributed by atoms with van der Waals surface area (Å²) in [4.78, 5) is 29.5. The predicted molar refractivity (Wildman–Crippen MR) is 93.6 cm³/mol. The first-order valence-electron chi connectivity index (χ1n) is 8.68. The lowest BCUT2D eigenvalue weighted by Crippen LogP contribution is -2.38. The van der Waals surface area contributed by atoms with E-state index in [9.17, 15) is 14.0 Å². The Kier molecular flexibility index (Phi) is 5.43. The Bertz CT molecular complexity index is 820. The molecule has 0 bridgehead atoms. The van der Waals surface area contributed by atoms with Gasteiger partial charge in [0.25, 0.3) is 5.56 Å². The van der Waals surface area contributed by atoms with Crippen molar-refractivity contribution in [3.63, 3.8) is 0 Å². The van der Waals surface area contributed by atoms with Crippen LogP contribution in [0.4, 0.5) is 4.39 Å². The average Bonchev–Trinajstić information content (AvgIpc) is 2.59. The lowest BCUT2D eigenvalue weighted by Gasteiger charge is -2.32. The van der Waals surface area contributed by atoms with Gasteiger partial charge in [0.2, 0.25) is 5.91 Å². The monoisotopic (exact) mass is 346 g/mol. The maximum Gasteiger partial charge on any atom is 0.251 e. The lowest BCUT2D eigenvalue weighted by atomic mass is 9.93. The van der Waals surface area contributed by atoms with Crippen LogP contribution in [0, 0.1) is 11.7 Å². The summed E-state index contributed by atoms with van der Waals surface area (Å²) in [6.45, 7) is 3.07. The fraction of sp³-hybridized carbons (Fsp3) is 0.500. The Morgan fingerprint density at radius 1 is 1.36 bits per heavy atom. The number of halogens is 1. The van der Waals surface area contributed by atoms with Gasteiger partial charge in [0.15, 0.2) is 0 Å². The number of rotatable bonds is 6. The zero-order valence-corrected chi connectivity index (χ0v) is 14.2. The SMILES string of the molecule is NC(=O)CCC1CCCN(CCn2c(=O)ccc3ncc(F)cc32)C1. The van der Waals surface area contributed by atoms with Gasteiger partial charge in [-0.15, -0.1) is 0 Å². The van der Waals surface area contributed by atoms with E-state index in [-0.39, 0.29) is 11.5 Å². The van der Waals surface area contributed by atoms with E-state index < -0.39 is 5.82 Å². The van der Waals surface area contributed by atoms with Crippen LogP contribution in [0.2, 0.25) is 0 Å². The van der Waals surface area contributed by atoms with Crippen molar-refractivity contribution in [3.05, 3.63) is 40.6 Å². The molecule has 0 saturated carbocycles. The molecule has 1 aliphatic heterocycles. The Morgan fingerprint density at radius 2 is 2.20 bits per heavy atom.